The van der Waals surface area contributed by atoms with Crippen molar-refractivity contribution in [1.29, 1.82) is 5.26 Å². The van der Waals surface area contributed by atoms with Crippen molar-refractivity contribution >= 4 is 46.6 Å². The molecular formula is C36H26N4O2S2. The Bertz CT molecular complexity index is 1790. The first kappa shape index (κ1) is 29.9. The van der Waals surface area contributed by atoms with Crippen LogP contribution in [0.2, 0.25) is 0 Å². The molecule has 5 rings (SSSR count). The number of nitrogens with one attached hydrogen (secondary N) is 2. The lowest BCUT2D eigenvalue weighted by molar-refractivity contribution is -0.118. The van der Waals surface area contributed by atoms with E-state index in [9.17, 15) is 14.9 Å². The molecule has 0 atom stereocenters. The minimum Gasteiger partial charge on any atom is -0.357 e. The van der Waals surface area contributed by atoms with Gasteiger partial charge in [-0.3, -0.25) is 9.59 Å². The third-order valence-electron chi connectivity index (χ3n) is 6.63. The molecule has 44 heavy (non-hydrogen) atoms. The lowest BCUT2D eigenvalue weighted by Crippen LogP contribution is -2.25. The molecule has 5 aromatic rings. The topological polar surface area (TPSA) is 86.3 Å². The standard InChI is InChI=1S/C36H26N4O2S2/c1-38-34(19-33-18-31(24-44-33)28-13-6-3-7-14-28)36(42)40-22-26-10-8-9-25(15-26)21-39-35(41)29(20-37)16-32-17-30(23-43-32)27-11-4-2-5-12-27/h2-19,23-24H,21-22H2,(H,39,41)(H,40,42). The molecule has 2 aromatic heterocycles. The van der Waals surface area contributed by atoms with Crippen molar-refractivity contribution in [3.63, 3.8) is 0 Å². The van der Waals surface area contributed by atoms with Crippen LogP contribution in [-0.2, 0) is 22.7 Å². The minimum atomic E-state index is -0.461. The van der Waals surface area contributed by atoms with Crippen LogP contribution in [0.25, 0.3) is 39.3 Å². The zero-order chi connectivity index (χ0) is 30.7. The van der Waals surface area contributed by atoms with Gasteiger partial charge in [0.05, 0.1) is 6.57 Å². The summed E-state index contributed by atoms with van der Waals surface area (Å²) in [5.41, 5.74) is 5.89. The molecule has 0 fully saturated rings. The average molecular weight is 611 g/mol. The van der Waals surface area contributed by atoms with E-state index in [0.29, 0.717) is 0 Å². The first-order chi connectivity index (χ1) is 21.5. The molecule has 0 saturated heterocycles. The summed E-state index contributed by atoms with van der Waals surface area (Å²) in [6, 6.07) is 33.2. The number of thiophene rings is 2. The van der Waals surface area contributed by atoms with Crippen LogP contribution in [0.1, 0.15) is 20.9 Å². The second kappa shape index (κ2) is 14.6. The van der Waals surface area contributed by atoms with E-state index in [-0.39, 0.29) is 24.4 Å². The molecule has 6 nitrogen and oxygen atoms in total. The van der Waals surface area contributed by atoms with Gasteiger partial charge in [-0.2, -0.15) is 5.26 Å². The van der Waals surface area contributed by atoms with Crippen LogP contribution in [0.5, 0.6) is 0 Å². The number of hydrogen-bond donors (Lipinski definition) is 2. The SMILES string of the molecule is [C-]#[N+]C(=Cc1cc(-c2ccccc2)cs1)C(=O)NCc1cccc(CNC(=O)C(C#N)=Cc2cc(-c3ccccc3)cs2)c1. The van der Waals surface area contributed by atoms with E-state index >= 15 is 0 Å². The Hall–Kier alpha value is -5.54. The van der Waals surface area contributed by atoms with Gasteiger partial charge in [-0.1, -0.05) is 84.9 Å². The van der Waals surface area contributed by atoms with Gasteiger partial charge < -0.3 is 10.6 Å². The first-order valence-corrected chi connectivity index (χ1v) is 15.4. The van der Waals surface area contributed by atoms with E-state index in [0.717, 1.165) is 43.1 Å². The Morgan fingerprint density at radius 3 is 1.75 bits per heavy atom. The molecule has 2 amide bonds. The predicted molar refractivity (Wildman–Crippen MR) is 178 cm³/mol. The Labute approximate surface area is 264 Å². The fourth-order valence-electron chi connectivity index (χ4n) is 4.40. The molecule has 0 aliphatic rings. The fraction of sp³-hybridized carbons (Fsp3) is 0.0556. The number of amides is 2. The van der Waals surface area contributed by atoms with E-state index in [1.54, 1.807) is 12.2 Å². The number of benzene rings is 3. The summed E-state index contributed by atoms with van der Waals surface area (Å²) in [4.78, 5) is 30.7. The zero-order valence-corrected chi connectivity index (χ0v) is 25.1. The van der Waals surface area contributed by atoms with E-state index in [4.69, 9.17) is 6.57 Å². The Morgan fingerprint density at radius 1 is 0.705 bits per heavy atom. The van der Waals surface area contributed by atoms with Crippen molar-refractivity contribution in [3.8, 4) is 28.3 Å². The Balaban J connectivity index is 1.16. The van der Waals surface area contributed by atoms with Gasteiger partial charge in [-0.15, -0.1) is 22.7 Å². The van der Waals surface area contributed by atoms with E-state index in [1.807, 2.05) is 114 Å². The van der Waals surface area contributed by atoms with Crippen LogP contribution in [0.15, 0.2) is 119 Å². The van der Waals surface area contributed by atoms with Gasteiger partial charge in [0.15, 0.2) is 0 Å². The van der Waals surface area contributed by atoms with Gasteiger partial charge in [0, 0.05) is 22.8 Å². The van der Waals surface area contributed by atoms with E-state index in [2.05, 4.69) is 15.5 Å². The third-order valence-corrected chi connectivity index (χ3v) is 8.39. The molecule has 8 heteroatoms. The number of carbonyl (C=O) groups is 2. The molecule has 0 radical (unpaired) electrons. The lowest BCUT2D eigenvalue weighted by Gasteiger charge is -2.08. The van der Waals surface area contributed by atoms with Gasteiger partial charge in [0.1, 0.15) is 11.6 Å². The predicted octanol–water partition coefficient (Wildman–Crippen LogP) is 7.94. The molecule has 0 saturated carbocycles. The normalized spacial score (nSPS) is 11.3. The summed E-state index contributed by atoms with van der Waals surface area (Å²) < 4.78 is 0. The summed E-state index contributed by atoms with van der Waals surface area (Å²) in [6.07, 6.45) is 3.20. The smallest absolute Gasteiger partial charge is 0.262 e. The van der Waals surface area contributed by atoms with Crippen molar-refractivity contribution in [3.05, 3.63) is 151 Å². The Morgan fingerprint density at radius 2 is 1.23 bits per heavy atom. The van der Waals surface area contributed by atoms with E-state index < -0.39 is 11.8 Å². The molecule has 0 aliphatic carbocycles. The van der Waals surface area contributed by atoms with Crippen molar-refractivity contribution < 1.29 is 9.59 Å². The van der Waals surface area contributed by atoms with Crippen molar-refractivity contribution in [2.75, 3.05) is 0 Å². The highest BCUT2D eigenvalue weighted by atomic mass is 32.1. The van der Waals surface area contributed by atoms with E-state index in [1.165, 1.54) is 22.7 Å². The number of carbonyl (C=O) groups excluding carboxylic acids is 2. The molecule has 3 aromatic carbocycles. The maximum atomic E-state index is 12.8. The van der Waals surface area contributed by atoms with Gasteiger partial charge in [-0.25, -0.2) is 4.85 Å². The van der Waals surface area contributed by atoms with Crippen molar-refractivity contribution in [2.24, 2.45) is 0 Å². The summed E-state index contributed by atoms with van der Waals surface area (Å²) in [6.45, 7) is 7.96. The summed E-state index contributed by atoms with van der Waals surface area (Å²) in [7, 11) is 0. The molecule has 2 heterocycles. The number of rotatable bonds is 10. The van der Waals surface area contributed by atoms with Gasteiger partial charge >= 0.3 is 0 Å². The molecule has 0 bridgehead atoms. The molecule has 0 unspecified atom stereocenters. The summed E-state index contributed by atoms with van der Waals surface area (Å²) >= 11 is 2.95. The average Bonchev–Trinajstić information content (AvgIpc) is 3.75. The second-order valence-electron chi connectivity index (χ2n) is 9.70. The Kier molecular flexibility index (Phi) is 9.91. The molecule has 0 aliphatic heterocycles. The van der Waals surface area contributed by atoms with Crippen LogP contribution in [-0.4, -0.2) is 11.8 Å². The maximum absolute atomic E-state index is 12.8. The number of nitriles is 1. The highest BCUT2D eigenvalue weighted by molar-refractivity contribution is 7.11. The first-order valence-electron chi connectivity index (χ1n) is 13.7. The zero-order valence-electron chi connectivity index (χ0n) is 23.5. The van der Waals surface area contributed by atoms with Crippen molar-refractivity contribution in [2.45, 2.75) is 13.1 Å². The van der Waals surface area contributed by atoms with Gasteiger partial charge in [0.25, 0.3) is 17.5 Å². The summed E-state index contributed by atoms with van der Waals surface area (Å²) in [5, 5.41) is 19.2. The molecule has 0 spiro atoms. The van der Waals surface area contributed by atoms with Gasteiger partial charge in [0.2, 0.25) is 0 Å². The van der Waals surface area contributed by atoms with Crippen LogP contribution in [0.3, 0.4) is 0 Å². The van der Waals surface area contributed by atoms with Crippen LogP contribution < -0.4 is 10.6 Å². The number of nitrogens with zero attached hydrogens (tertiary/aromatic N) is 2. The largest absolute Gasteiger partial charge is 0.357 e. The quantitative estimate of drug-likeness (QED) is 0.0956. The molecule has 214 valence electrons. The van der Waals surface area contributed by atoms with Gasteiger partial charge in [-0.05, 0) is 68.4 Å². The van der Waals surface area contributed by atoms with Crippen LogP contribution >= 0.6 is 22.7 Å². The van der Waals surface area contributed by atoms with Crippen LogP contribution in [0, 0.1) is 17.9 Å². The lowest BCUT2D eigenvalue weighted by atomic mass is 10.1. The van der Waals surface area contributed by atoms with Crippen LogP contribution in [0.4, 0.5) is 0 Å². The third kappa shape index (κ3) is 7.84. The number of hydrogen-bond acceptors (Lipinski definition) is 5. The highest BCUT2D eigenvalue weighted by Crippen LogP contribution is 2.28. The molecule has 2 N–H and O–H groups in total. The monoisotopic (exact) mass is 610 g/mol. The molecular weight excluding hydrogens is 585 g/mol. The summed E-state index contributed by atoms with van der Waals surface area (Å²) in [5.74, 6) is -0.919. The highest BCUT2D eigenvalue weighted by Gasteiger charge is 2.13. The van der Waals surface area contributed by atoms with Crippen molar-refractivity contribution in [1.82, 2.24) is 10.6 Å². The second-order valence-corrected chi connectivity index (χ2v) is 11.6. The maximum Gasteiger partial charge on any atom is 0.262 e. The fourth-order valence-corrected chi connectivity index (χ4v) is 6.09. The minimum absolute atomic E-state index is 0.00679.